The second-order valence-corrected chi connectivity index (χ2v) is 5.37. The van der Waals surface area contributed by atoms with Crippen molar-refractivity contribution in [2.75, 3.05) is 0 Å². The maximum absolute atomic E-state index is 12.1. The molecule has 0 aliphatic carbocycles. The molecular formula is C16H28N2O. The molecule has 108 valence electrons. The van der Waals surface area contributed by atoms with Crippen LogP contribution in [0.1, 0.15) is 80.5 Å². The Kier molecular flexibility index (Phi) is 6.82. The quantitative estimate of drug-likeness (QED) is 0.650. The fourth-order valence-electron chi connectivity index (χ4n) is 2.46. The zero-order valence-corrected chi connectivity index (χ0v) is 13.0. The van der Waals surface area contributed by atoms with E-state index in [0.29, 0.717) is 6.42 Å². The molecule has 3 nitrogen and oxygen atoms in total. The summed E-state index contributed by atoms with van der Waals surface area (Å²) >= 11 is 0. The largest absolute Gasteiger partial charge is 0.273 e. The van der Waals surface area contributed by atoms with E-state index in [0.717, 1.165) is 37.1 Å². The van der Waals surface area contributed by atoms with Crippen molar-refractivity contribution in [3.63, 3.8) is 0 Å². The van der Waals surface area contributed by atoms with Crippen molar-refractivity contribution in [1.82, 2.24) is 9.78 Å². The van der Waals surface area contributed by atoms with Crippen molar-refractivity contribution < 1.29 is 4.79 Å². The minimum absolute atomic E-state index is 0.149. The van der Waals surface area contributed by atoms with Crippen LogP contribution in [-0.2, 0) is 6.42 Å². The van der Waals surface area contributed by atoms with Gasteiger partial charge in [0.1, 0.15) is 0 Å². The Hall–Kier alpha value is -1.12. The van der Waals surface area contributed by atoms with Crippen LogP contribution in [0.5, 0.6) is 0 Å². The normalized spacial score (nSPS) is 10.9. The molecule has 3 heteroatoms. The number of unbranched alkanes of at least 4 members (excludes halogenated alkanes) is 4. The van der Waals surface area contributed by atoms with Crippen molar-refractivity contribution >= 4 is 5.91 Å². The van der Waals surface area contributed by atoms with Crippen molar-refractivity contribution in [2.45, 2.75) is 79.1 Å². The Morgan fingerprint density at radius 2 is 1.68 bits per heavy atom. The molecule has 1 aromatic heterocycles. The predicted octanol–water partition coefficient (Wildman–Crippen LogP) is 4.45. The van der Waals surface area contributed by atoms with E-state index in [1.165, 1.54) is 24.8 Å². The van der Waals surface area contributed by atoms with E-state index in [4.69, 9.17) is 0 Å². The average Bonchev–Trinajstić information content (AvgIpc) is 2.67. The lowest BCUT2D eigenvalue weighted by atomic mass is 10.1. The molecule has 0 saturated carbocycles. The number of nitrogens with zero attached hydrogens (tertiary/aromatic N) is 2. The van der Waals surface area contributed by atoms with Crippen LogP contribution >= 0.6 is 0 Å². The molecular weight excluding hydrogens is 236 g/mol. The van der Waals surface area contributed by atoms with E-state index in [-0.39, 0.29) is 5.91 Å². The first-order chi connectivity index (χ1) is 9.11. The van der Waals surface area contributed by atoms with Crippen molar-refractivity contribution in [2.24, 2.45) is 0 Å². The molecule has 0 aliphatic rings. The highest BCUT2D eigenvalue weighted by molar-refractivity contribution is 5.79. The van der Waals surface area contributed by atoms with Crippen LogP contribution in [0.2, 0.25) is 0 Å². The molecule has 0 unspecified atom stereocenters. The second kappa shape index (κ2) is 8.13. The van der Waals surface area contributed by atoms with Crippen LogP contribution in [0.4, 0.5) is 0 Å². The van der Waals surface area contributed by atoms with E-state index >= 15 is 0 Å². The maximum atomic E-state index is 12.1. The lowest BCUT2D eigenvalue weighted by Crippen LogP contribution is -2.14. The number of rotatable bonds is 8. The van der Waals surface area contributed by atoms with Crippen LogP contribution in [0.3, 0.4) is 0 Å². The number of carbonyl (C=O) groups is 1. The SMILES string of the molecule is CCCCCC(=O)n1nc(C)c(CCCCC)c1C. The Labute approximate surface area is 117 Å². The molecule has 0 bridgehead atoms. The first-order valence-corrected chi connectivity index (χ1v) is 7.70. The van der Waals surface area contributed by atoms with Crippen LogP contribution in [-0.4, -0.2) is 15.7 Å². The van der Waals surface area contributed by atoms with Crippen LogP contribution in [0, 0.1) is 13.8 Å². The van der Waals surface area contributed by atoms with Crippen LogP contribution in [0.15, 0.2) is 0 Å². The molecule has 1 heterocycles. The summed E-state index contributed by atoms with van der Waals surface area (Å²) in [5.74, 6) is 0.149. The number of aromatic nitrogens is 2. The number of aryl methyl sites for hydroxylation is 1. The van der Waals surface area contributed by atoms with Gasteiger partial charge in [0.05, 0.1) is 5.69 Å². The summed E-state index contributed by atoms with van der Waals surface area (Å²) in [7, 11) is 0. The highest BCUT2D eigenvalue weighted by Gasteiger charge is 2.15. The molecule has 19 heavy (non-hydrogen) atoms. The molecule has 0 spiro atoms. The molecule has 1 aromatic rings. The summed E-state index contributed by atoms with van der Waals surface area (Å²) in [6.07, 6.45) is 8.56. The van der Waals surface area contributed by atoms with E-state index < -0.39 is 0 Å². The number of hydrogen-bond donors (Lipinski definition) is 0. The van der Waals surface area contributed by atoms with Crippen molar-refractivity contribution in [1.29, 1.82) is 0 Å². The smallest absolute Gasteiger partial charge is 0.247 e. The van der Waals surface area contributed by atoms with Gasteiger partial charge in [-0.05, 0) is 38.7 Å². The standard InChI is InChI=1S/C16H28N2O/c1-5-7-9-11-15-13(3)17-18(14(15)4)16(19)12-10-8-6-2/h5-12H2,1-4H3. The minimum Gasteiger partial charge on any atom is -0.273 e. The van der Waals surface area contributed by atoms with Crippen LogP contribution in [0.25, 0.3) is 0 Å². The highest BCUT2D eigenvalue weighted by Crippen LogP contribution is 2.17. The minimum atomic E-state index is 0.149. The van der Waals surface area contributed by atoms with Gasteiger partial charge in [0.15, 0.2) is 0 Å². The molecule has 0 fully saturated rings. The number of hydrogen-bond acceptors (Lipinski definition) is 2. The Morgan fingerprint density at radius 3 is 2.32 bits per heavy atom. The Morgan fingerprint density at radius 1 is 1.05 bits per heavy atom. The molecule has 0 amide bonds. The lowest BCUT2D eigenvalue weighted by Gasteiger charge is -2.04. The van der Waals surface area contributed by atoms with Crippen molar-refractivity contribution in [3.05, 3.63) is 17.0 Å². The van der Waals surface area contributed by atoms with Gasteiger partial charge >= 0.3 is 0 Å². The van der Waals surface area contributed by atoms with Crippen LogP contribution < -0.4 is 0 Å². The maximum Gasteiger partial charge on any atom is 0.247 e. The molecule has 0 atom stereocenters. The third-order valence-electron chi connectivity index (χ3n) is 3.70. The van der Waals surface area contributed by atoms with Gasteiger partial charge in [-0.3, -0.25) is 4.79 Å². The molecule has 0 aliphatic heterocycles. The topological polar surface area (TPSA) is 34.9 Å². The zero-order valence-electron chi connectivity index (χ0n) is 13.0. The van der Waals surface area contributed by atoms with Gasteiger partial charge in [0.25, 0.3) is 0 Å². The third-order valence-corrected chi connectivity index (χ3v) is 3.70. The van der Waals surface area contributed by atoms with Gasteiger partial charge in [0.2, 0.25) is 5.91 Å². The highest BCUT2D eigenvalue weighted by atomic mass is 16.2. The first-order valence-electron chi connectivity index (χ1n) is 7.70. The molecule has 0 saturated heterocycles. The summed E-state index contributed by atoms with van der Waals surface area (Å²) in [5, 5.41) is 4.43. The monoisotopic (exact) mass is 264 g/mol. The predicted molar refractivity (Wildman–Crippen MR) is 79.7 cm³/mol. The molecule has 1 rings (SSSR count). The fraction of sp³-hybridized carbons (Fsp3) is 0.750. The van der Waals surface area contributed by atoms with Gasteiger partial charge in [-0.2, -0.15) is 5.10 Å². The van der Waals surface area contributed by atoms with Gasteiger partial charge in [-0.15, -0.1) is 0 Å². The van der Waals surface area contributed by atoms with E-state index in [9.17, 15) is 4.79 Å². The Balaban J connectivity index is 2.69. The lowest BCUT2D eigenvalue weighted by molar-refractivity contribution is 0.0880. The molecule has 0 aromatic carbocycles. The summed E-state index contributed by atoms with van der Waals surface area (Å²) in [5.41, 5.74) is 3.35. The van der Waals surface area contributed by atoms with Crippen molar-refractivity contribution in [3.8, 4) is 0 Å². The van der Waals surface area contributed by atoms with E-state index in [1.54, 1.807) is 4.68 Å². The molecule has 0 radical (unpaired) electrons. The summed E-state index contributed by atoms with van der Waals surface area (Å²) < 4.78 is 1.63. The fourth-order valence-corrected chi connectivity index (χ4v) is 2.46. The van der Waals surface area contributed by atoms with Gasteiger partial charge in [-0.1, -0.05) is 39.5 Å². The van der Waals surface area contributed by atoms with E-state index in [2.05, 4.69) is 18.9 Å². The second-order valence-electron chi connectivity index (χ2n) is 5.37. The third kappa shape index (κ3) is 4.48. The average molecular weight is 264 g/mol. The number of carbonyl (C=O) groups excluding carboxylic acids is 1. The zero-order chi connectivity index (χ0) is 14.3. The summed E-state index contributed by atoms with van der Waals surface area (Å²) in [6.45, 7) is 8.41. The molecule has 0 N–H and O–H groups in total. The Bertz CT molecular complexity index is 407. The van der Waals surface area contributed by atoms with Gasteiger partial charge in [0, 0.05) is 12.1 Å². The summed E-state index contributed by atoms with van der Waals surface area (Å²) in [6, 6.07) is 0. The van der Waals surface area contributed by atoms with Gasteiger partial charge < -0.3 is 0 Å². The van der Waals surface area contributed by atoms with Gasteiger partial charge in [-0.25, -0.2) is 4.68 Å². The summed E-state index contributed by atoms with van der Waals surface area (Å²) in [4.78, 5) is 12.1. The first kappa shape index (κ1) is 15.9. The van der Waals surface area contributed by atoms with E-state index in [1.807, 2.05) is 13.8 Å².